The zero-order chi connectivity index (χ0) is 23.6. The van der Waals surface area contributed by atoms with Crippen molar-refractivity contribution in [3.05, 3.63) is 29.8 Å². The molecule has 2 unspecified atom stereocenters. The molecule has 2 amide bonds. The number of hydrogen-bond acceptors (Lipinski definition) is 6. The van der Waals surface area contributed by atoms with E-state index in [1.54, 1.807) is 18.2 Å². The van der Waals surface area contributed by atoms with Gasteiger partial charge in [-0.25, -0.2) is 0 Å². The van der Waals surface area contributed by atoms with E-state index in [1.807, 2.05) is 38.1 Å². The van der Waals surface area contributed by atoms with Gasteiger partial charge in [0.25, 0.3) is 5.91 Å². The number of carbonyl (C=O) groups excluding carboxylic acids is 2. The summed E-state index contributed by atoms with van der Waals surface area (Å²) in [5.41, 5.74) is 0.865. The van der Waals surface area contributed by atoms with E-state index in [4.69, 9.17) is 4.74 Å². The minimum atomic E-state index is -0.659. The highest BCUT2D eigenvalue weighted by Gasteiger charge is 2.34. The topological polar surface area (TPSA) is 86.3 Å². The van der Waals surface area contributed by atoms with Crippen molar-refractivity contribution in [1.82, 2.24) is 20.4 Å². The van der Waals surface area contributed by atoms with Crippen LogP contribution in [0.2, 0.25) is 0 Å². The number of methoxy groups -OCH3 is 1. The Bertz CT molecular complexity index is 807. The van der Waals surface area contributed by atoms with Crippen molar-refractivity contribution in [2.24, 2.45) is 4.99 Å². The monoisotopic (exact) mass is 457 g/mol. The van der Waals surface area contributed by atoms with Gasteiger partial charge in [-0.15, -0.1) is 0 Å². The average Bonchev–Trinajstić information content (AvgIpc) is 2.81. The molecule has 1 saturated heterocycles. The van der Waals surface area contributed by atoms with Crippen LogP contribution in [-0.4, -0.2) is 79.9 Å². The maximum atomic E-state index is 13.3. The van der Waals surface area contributed by atoms with Crippen molar-refractivity contribution in [1.29, 1.82) is 0 Å². The summed E-state index contributed by atoms with van der Waals surface area (Å²) in [5, 5.41) is 6.17. The number of ether oxygens (including phenoxy) is 1. The Labute approximate surface area is 197 Å². The SMILES string of the molecule is COc1cccc(C2C=NC(NCCCCN3CCCCC3)C(=O)N2CC(=O)NC(C)C)c1. The van der Waals surface area contributed by atoms with Crippen molar-refractivity contribution in [2.75, 3.05) is 39.8 Å². The maximum absolute atomic E-state index is 13.3. The van der Waals surface area contributed by atoms with Crippen LogP contribution in [-0.2, 0) is 9.59 Å². The molecule has 2 aliphatic heterocycles. The molecule has 182 valence electrons. The fraction of sp³-hybridized carbons (Fsp3) is 0.640. The van der Waals surface area contributed by atoms with E-state index in [-0.39, 0.29) is 24.4 Å². The first-order chi connectivity index (χ1) is 16.0. The number of amides is 2. The highest BCUT2D eigenvalue weighted by molar-refractivity contribution is 5.93. The third-order valence-electron chi connectivity index (χ3n) is 6.12. The molecule has 2 atom stereocenters. The molecule has 2 N–H and O–H groups in total. The Balaban J connectivity index is 1.61. The standard InChI is InChI=1S/C25H39N5O3/c1-19(2)28-23(31)18-30-22(20-10-9-11-21(16-20)33-3)17-27-24(25(30)32)26-12-5-8-15-29-13-6-4-7-14-29/h9-11,16-17,19,22,24,26H,4-8,12-15,18H2,1-3H3,(H,28,31). The number of unbranched alkanes of at least 4 members (excludes halogenated alkanes) is 1. The Kier molecular flexibility index (Phi) is 9.69. The normalized spacial score (nSPS) is 21.5. The van der Waals surface area contributed by atoms with Gasteiger partial charge in [0.15, 0.2) is 6.17 Å². The lowest BCUT2D eigenvalue weighted by Crippen LogP contribution is -2.54. The molecular weight excluding hydrogens is 418 g/mol. The first-order valence-electron chi connectivity index (χ1n) is 12.2. The lowest BCUT2D eigenvalue weighted by Gasteiger charge is -2.35. The number of piperidine rings is 1. The molecule has 2 heterocycles. The van der Waals surface area contributed by atoms with Crippen LogP contribution in [0.3, 0.4) is 0 Å². The molecule has 0 aliphatic carbocycles. The summed E-state index contributed by atoms with van der Waals surface area (Å²) in [5.74, 6) is 0.343. The molecule has 0 spiro atoms. The Morgan fingerprint density at radius 2 is 2.00 bits per heavy atom. The van der Waals surface area contributed by atoms with Gasteiger partial charge < -0.3 is 19.9 Å². The van der Waals surface area contributed by atoms with Crippen LogP contribution in [0.15, 0.2) is 29.3 Å². The molecule has 1 fully saturated rings. The number of aliphatic imine (C=N–C) groups is 1. The molecule has 33 heavy (non-hydrogen) atoms. The Morgan fingerprint density at radius 1 is 1.21 bits per heavy atom. The van der Waals surface area contributed by atoms with Gasteiger partial charge in [-0.05, 0) is 83.4 Å². The summed E-state index contributed by atoms with van der Waals surface area (Å²) in [7, 11) is 1.61. The largest absolute Gasteiger partial charge is 0.497 e. The Hall–Kier alpha value is -2.45. The number of nitrogens with zero attached hydrogens (tertiary/aromatic N) is 3. The van der Waals surface area contributed by atoms with Crippen molar-refractivity contribution in [2.45, 2.75) is 64.2 Å². The number of benzene rings is 1. The van der Waals surface area contributed by atoms with Crippen molar-refractivity contribution in [3.8, 4) is 5.75 Å². The molecule has 8 heteroatoms. The van der Waals surface area contributed by atoms with E-state index >= 15 is 0 Å². The van der Waals surface area contributed by atoms with Crippen LogP contribution in [0.4, 0.5) is 0 Å². The first kappa shape index (κ1) is 25.2. The smallest absolute Gasteiger partial charge is 0.263 e. The molecule has 0 bridgehead atoms. The zero-order valence-electron chi connectivity index (χ0n) is 20.3. The molecule has 8 nitrogen and oxygen atoms in total. The summed E-state index contributed by atoms with van der Waals surface area (Å²) in [6.45, 7) is 8.05. The summed E-state index contributed by atoms with van der Waals surface area (Å²) in [6.07, 6.45) is 7.16. The molecule has 0 radical (unpaired) electrons. The summed E-state index contributed by atoms with van der Waals surface area (Å²) in [6, 6.07) is 7.14. The van der Waals surface area contributed by atoms with Gasteiger partial charge in [0.05, 0.1) is 13.2 Å². The van der Waals surface area contributed by atoms with Crippen LogP contribution >= 0.6 is 0 Å². The highest BCUT2D eigenvalue weighted by atomic mass is 16.5. The fourth-order valence-corrected chi connectivity index (χ4v) is 4.42. The number of carbonyl (C=O) groups is 2. The van der Waals surface area contributed by atoms with Gasteiger partial charge >= 0.3 is 0 Å². The lowest BCUT2D eigenvalue weighted by atomic mass is 10.0. The fourth-order valence-electron chi connectivity index (χ4n) is 4.42. The van der Waals surface area contributed by atoms with E-state index < -0.39 is 12.2 Å². The molecule has 1 aromatic rings. The van der Waals surface area contributed by atoms with Crippen molar-refractivity contribution >= 4 is 18.0 Å². The quantitative estimate of drug-likeness (QED) is 0.498. The zero-order valence-corrected chi connectivity index (χ0v) is 20.3. The molecule has 2 aliphatic rings. The third kappa shape index (κ3) is 7.54. The van der Waals surface area contributed by atoms with Gasteiger partial charge in [0.1, 0.15) is 12.3 Å². The van der Waals surface area contributed by atoms with Crippen LogP contribution < -0.4 is 15.4 Å². The van der Waals surface area contributed by atoms with E-state index in [2.05, 4.69) is 20.5 Å². The van der Waals surface area contributed by atoms with Crippen molar-refractivity contribution < 1.29 is 14.3 Å². The van der Waals surface area contributed by atoms with Gasteiger partial charge in [0.2, 0.25) is 5.91 Å². The number of hydrogen-bond donors (Lipinski definition) is 2. The molecule has 0 saturated carbocycles. The van der Waals surface area contributed by atoms with Crippen LogP contribution in [0.5, 0.6) is 5.75 Å². The number of likely N-dealkylation sites (tertiary alicyclic amines) is 1. The van der Waals surface area contributed by atoms with Crippen LogP contribution in [0.1, 0.15) is 57.6 Å². The van der Waals surface area contributed by atoms with E-state index in [1.165, 1.54) is 32.4 Å². The molecular formula is C25H39N5O3. The summed E-state index contributed by atoms with van der Waals surface area (Å²) >= 11 is 0. The number of nitrogens with one attached hydrogen (secondary N) is 2. The molecule has 1 aromatic carbocycles. The second-order valence-corrected chi connectivity index (χ2v) is 9.17. The van der Waals surface area contributed by atoms with Crippen molar-refractivity contribution in [3.63, 3.8) is 0 Å². The lowest BCUT2D eigenvalue weighted by molar-refractivity contribution is -0.139. The second-order valence-electron chi connectivity index (χ2n) is 9.17. The first-order valence-corrected chi connectivity index (χ1v) is 12.2. The van der Waals surface area contributed by atoms with Crippen LogP contribution in [0.25, 0.3) is 0 Å². The number of rotatable bonds is 11. The van der Waals surface area contributed by atoms with Gasteiger partial charge in [0, 0.05) is 12.3 Å². The minimum absolute atomic E-state index is 0.00940. The predicted octanol–water partition coefficient (Wildman–Crippen LogP) is 2.36. The maximum Gasteiger partial charge on any atom is 0.263 e. The minimum Gasteiger partial charge on any atom is -0.497 e. The van der Waals surface area contributed by atoms with E-state index in [0.717, 1.165) is 31.5 Å². The Morgan fingerprint density at radius 3 is 2.73 bits per heavy atom. The van der Waals surface area contributed by atoms with Gasteiger partial charge in [-0.3, -0.25) is 19.9 Å². The predicted molar refractivity (Wildman–Crippen MR) is 131 cm³/mol. The average molecular weight is 458 g/mol. The third-order valence-corrected chi connectivity index (χ3v) is 6.12. The summed E-state index contributed by atoms with van der Waals surface area (Å²) < 4.78 is 5.34. The summed E-state index contributed by atoms with van der Waals surface area (Å²) in [4.78, 5) is 34.5. The molecule has 0 aromatic heterocycles. The second kappa shape index (κ2) is 12.7. The van der Waals surface area contributed by atoms with Gasteiger partial charge in [-0.1, -0.05) is 18.6 Å². The highest BCUT2D eigenvalue weighted by Crippen LogP contribution is 2.26. The van der Waals surface area contributed by atoms with E-state index in [9.17, 15) is 9.59 Å². The van der Waals surface area contributed by atoms with Gasteiger partial charge in [-0.2, -0.15) is 0 Å². The molecule has 3 rings (SSSR count). The van der Waals surface area contributed by atoms with E-state index in [0.29, 0.717) is 5.75 Å². The van der Waals surface area contributed by atoms with Crippen LogP contribution in [0, 0.1) is 0 Å².